The zero-order valence-corrected chi connectivity index (χ0v) is 11.7. The normalized spacial score (nSPS) is 18.7. The Morgan fingerprint density at radius 3 is 2.71 bits per heavy atom. The lowest BCUT2D eigenvalue weighted by Crippen LogP contribution is -2.49. The molecule has 2 N–H and O–H groups in total. The molecule has 1 saturated heterocycles. The third-order valence-corrected chi connectivity index (χ3v) is 4.32. The van der Waals surface area contributed by atoms with Gasteiger partial charge in [0, 0.05) is 10.8 Å². The van der Waals surface area contributed by atoms with Crippen LogP contribution in [-0.2, 0) is 4.79 Å². The standard InChI is InChI=1S/C12H18N2OS.ClH/c1-8(10-6-13-7-10)12(15)14-9(2)11-4-3-5-16-11;/h3-5,8-10,13H,6-7H2,1-2H3,(H,14,15);1H. The average Bonchev–Trinajstić information content (AvgIpc) is 2.67. The van der Waals surface area contributed by atoms with E-state index in [1.165, 1.54) is 4.88 Å². The molecule has 2 unspecified atom stereocenters. The van der Waals surface area contributed by atoms with Crippen molar-refractivity contribution in [2.75, 3.05) is 13.1 Å². The number of carbonyl (C=O) groups is 1. The minimum absolute atomic E-state index is 0. The van der Waals surface area contributed by atoms with Gasteiger partial charge in [-0.3, -0.25) is 4.79 Å². The quantitative estimate of drug-likeness (QED) is 0.884. The molecule has 2 atom stereocenters. The van der Waals surface area contributed by atoms with Crippen molar-refractivity contribution in [3.8, 4) is 0 Å². The SMILES string of the molecule is CC(NC(=O)C(C)C1CNC1)c1cccs1.Cl. The zero-order chi connectivity index (χ0) is 11.5. The maximum Gasteiger partial charge on any atom is 0.223 e. The molecule has 17 heavy (non-hydrogen) atoms. The summed E-state index contributed by atoms with van der Waals surface area (Å²) in [5, 5.41) is 8.31. The summed E-state index contributed by atoms with van der Waals surface area (Å²) >= 11 is 1.69. The van der Waals surface area contributed by atoms with Crippen LogP contribution in [0.3, 0.4) is 0 Å². The minimum atomic E-state index is 0. The number of nitrogens with one attached hydrogen (secondary N) is 2. The van der Waals surface area contributed by atoms with Gasteiger partial charge in [-0.1, -0.05) is 13.0 Å². The topological polar surface area (TPSA) is 41.1 Å². The van der Waals surface area contributed by atoms with Gasteiger partial charge < -0.3 is 10.6 Å². The fourth-order valence-electron chi connectivity index (χ4n) is 1.83. The third kappa shape index (κ3) is 3.44. The van der Waals surface area contributed by atoms with Crippen molar-refractivity contribution in [3.05, 3.63) is 22.4 Å². The van der Waals surface area contributed by atoms with Gasteiger partial charge in [-0.05, 0) is 37.4 Å². The largest absolute Gasteiger partial charge is 0.349 e. The summed E-state index contributed by atoms with van der Waals surface area (Å²) in [6.45, 7) is 6.00. The van der Waals surface area contributed by atoms with E-state index in [9.17, 15) is 4.79 Å². The van der Waals surface area contributed by atoms with Crippen molar-refractivity contribution < 1.29 is 4.79 Å². The van der Waals surface area contributed by atoms with E-state index < -0.39 is 0 Å². The van der Waals surface area contributed by atoms with Gasteiger partial charge in [0.15, 0.2) is 0 Å². The van der Waals surface area contributed by atoms with Gasteiger partial charge >= 0.3 is 0 Å². The highest BCUT2D eigenvalue weighted by Gasteiger charge is 2.29. The first-order valence-electron chi connectivity index (χ1n) is 5.73. The number of thiophene rings is 1. The maximum absolute atomic E-state index is 11.9. The van der Waals surface area contributed by atoms with Crippen molar-refractivity contribution in [2.45, 2.75) is 19.9 Å². The van der Waals surface area contributed by atoms with Crippen LogP contribution in [-0.4, -0.2) is 19.0 Å². The van der Waals surface area contributed by atoms with Gasteiger partial charge in [0.25, 0.3) is 0 Å². The van der Waals surface area contributed by atoms with E-state index in [-0.39, 0.29) is 30.3 Å². The number of carbonyl (C=O) groups excluding carboxylic acids is 1. The predicted octanol–water partition coefficient (Wildman–Crippen LogP) is 2.20. The average molecular weight is 275 g/mol. The molecule has 2 rings (SSSR count). The number of hydrogen-bond acceptors (Lipinski definition) is 3. The summed E-state index contributed by atoms with van der Waals surface area (Å²) < 4.78 is 0. The molecule has 5 heteroatoms. The maximum atomic E-state index is 11.9. The molecule has 96 valence electrons. The molecule has 1 aromatic rings. The van der Waals surface area contributed by atoms with E-state index in [0.29, 0.717) is 5.92 Å². The van der Waals surface area contributed by atoms with Gasteiger partial charge in [-0.25, -0.2) is 0 Å². The molecular formula is C12H19ClN2OS. The fraction of sp³-hybridized carbons (Fsp3) is 0.583. The summed E-state index contributed by atoms with van der Waals surface area (Å²) in [6.07, 6.45) is 0. The zero-order valence-electron chi connectivity index (χ0n) is 10.1. The van der Waals surface area contributed by atoms with E-state index in [4.69, 9.17) is 0 Å². The van der Waals surface area contributed by atoms with E-state index in [2.05, 4.69) is 16.7 Å². The Kier molecular flexibility index (Phi) is 5.43. The lowest BCUT2D eigenvalue weighted by atomic mass is 9.88. The van der Waals surface area contributed by atoms with Crippen LogP contribution in [0.4, 0.5) is 0 Å². The van der Waals surface area contributed by atoms with Crippen LogP contribution in [0.25, 0.3) is 0 Å². The Balaban J connectivity index is 0.00000144. The van der Waals surface area contributed by atoms with Gasteiger partial charge in [0.2, 0.25) is 5.91 Å². The Morgan fingerprint density at radius 2 is 2.24 bits per heavy atom. The number of halogens is 1. The molecule has 0 spiro atoms. The van der Waals surface area contributed by atoms with Crippen LogP contribution in [0.2, 0.25) is 0 Å². The van der Waals surface area contributed by atoms with Crippen LogP contribution in [0, 0.1) is 11.8 Å². The highest BCUT2D eigenvalue weighted by Crippen LogP contribution is 2.21. The highest BCUT2D eigenvalue weighted by atomic mass is 35.5. The lowest BCUT2D eigenvalue weighted by molar-refractivity contribution is -0.127. The molecule has 1 aromatic heterocycles. The minimum Gasteiger partial charge on any atom is -0.349 e. The first-order chi connectivity index (χ1) is 7.68. The molecule has 0 radical (unpaired) electrons. The second-order valence-electron chi connectivity index (χ2n) is 4.45. The monoisotopic (exact) mass is 274 g/mol. The Hall–Kier alpha value is -0.580. The van der Waals surface area contributed by atoms with Crippen molar-refractivity contribution in [1.82, 2.24) is 10.6 Å². The number of rotatable bonds is 4. The van der Waals surface area contributed by atoms with Crippen LogP contribution in [0.15, 0.2) is 17.5 Å². The highest BCUT2D eigenvalue weighted by molar-refractivity contribution is 7.10. The molecule has 0 saturated carbocycles. The summed E-state index contributed by atoms with van der Waals surface area (Å²) in [4.78, 5) is 13.2. The molecule has 3 nitrogen and oxygen atoms in total. The second kappa shape index (κ2) is 6.38. The Bertz CT molecular complexity index is 351. The third-order valence-electron chi connectivity index (χ3n) is 3.26. The summed E-state index contributed by atoms with van der Waals surface area (Å²) in [5.74, 6) is 0.798. The van der Waals surface area contributed by atoms with Crippen molar-refractivity contribution >= 4 is 29.7 Å². The van der Waals surface area contributed by atoms with Crippen LogP contribution in [0.1, 0.15) is 24.8 Å². The number of hydrogen-bond donors (Lipinski definition) is 2. The number of amides is 1. The predicted molar refractivity (Wildman–Crippen MR) is 73.6 cm³/mol. The molecule has 1 aliphatic rings. The first kappa shape index (κ1) is 14.5. The molecular weight excluding hydrogens is 256 g/mol. The van der Waals surface area contributed by atoms with Crippen molar-refractivity contribution in [2.24, 2.45) is 11.8 Å². The van der Waals surface area contributed by atoms with Gasteiger partial charge in [-0.15, -0.1) is 23.7 Å². The van der Waals surface area contributed by atoms with E-state index >= 15 is 0 Å². The Morgan fingerprint density at radius 1 is 1.53 bits per heavy atom. The van der Waals surface area contributed by atoms with Crippen molar-refractivity contribution in [3.63, 3.8) is 0 Å². The van der Waals surface area contributed by atoms with E-state index in [1.807, 2.05) is 25.3 Å². The van der Waals surface area contributed by atoms with Crippen LogP contribution in [0.5, 0.6) is 0 Å². The van der Waals surface area contributed by atoms with Crippen LogP contribution < -0.4 is 10.6 Å². The molecule has 2 heterocycles. The second-order valence-corrected chi connectivity index (χ2v) is 5.43. The van der Waals surface area contributed by atoms with Crippen molar-refractivity contribution in [1.29, 1.82) is 0 Å². The molecule has 1 amide bonds. The first-order valence-corrected chi connectivity index (χ1v) is 6.61. The van der Waals surface area contributed by atoms with Gasteiger partial charge in [-0.2, -0.15) is 0 Å². The summed E-state index contributed by atoms with van der Waals surface area (Å²) in [5.41, 5.74) is 0. The summed E-state index contributed by atoms with van der Waals surface area (Å²) in [6, 6.07) is 4.20. The Labute approximate surface area is 112 Å². The van der Waals surface area contributed by atoms with Gasteiger partial charge in [0.05, 0.1) is 6.04 Å². The molecule has 1 aliphatic heterocycles. The van der Waals surface area contributed by atoms with E-state index in [1.54, 1.807) is 11.3 Å². The molecule has 0 aromatic carbocycles. The lowest BCUT2D eigenvalue weighted by Gasteiger charge is -2.32. The molecule has 0 aliphatic carbocycles. The van der Waals surface area contributed by atoms with E-state index in [0.717, 1.165) is 13.1 Å². The van der Waals surface area contributed by atoms with Gasteiger partial charge in [0.1, 0.15) is 0 Å². The fourth-order valence-corrected chi connectivity index (χ4v) is 2.57. The van der Waals surface area contributed by atoms with Crippen LogP contribution >= 0.6 is 23.7 Å². The summed E-state index contributed by atoms with van der Waals surface area (Å²) in [7, 11) is 0. The smallest absolute Gasteiger partial charge is 0.223 e. The molecule has 1 fully saturated rings. The molecule has 0 bridgehead atoms.